The fourth-order valence-corrected chi connectivity index (χ4v) is 1.51. The van der Waals surface area contributed by atoms with E-state index in [1.165, 1.54) is 0 Å². The minimum Gasteiger partial charge on any atom is -0.324 e. The molecule has 0 bridgehead atoms. The van der Waals surface area contributed by atoms with E-state index < -0.39 is 0 Å². The Balaban J connectivity index is 2.80. The summed E-state index contributed by atoms with van der Waals surface area (Å²) in [7, 11) is 1.90. The van der Waals surface area contributed by atoms with Crippen molar-refractivity contribution in [3.63, 3.8) is 0 Å². The van der Waals surface area contributed by atoms with E-state index in [4.69, 9.17) is 5.73 Å². The van der Waals surface area contributed by atoms with E-state index in [2.05, 4.69) is 30.9 Å². The molecule has 0 spiro atoms. The lowest BCUT2D eigenvalue weighted by atomic mass is 9.82. The van der Waals surface area contributed by atoms with Gasteiger partial charge in [-0.2, -0.15) is 5.10 Å². The van der Waals surface area contributed by atoms with Crippen LogP contribution in [0.5, 0.6) is 0 Å². The summed E-state index contributed by atoms with van der Waals surface area (Å²) in [5.74, 6) is 1.41. The van der Waals surface area contributed by atoms with Gasteiger partial charge in [-0.1, -0.05) is 20.8 Å². The lowest BCUT2D eigenvalue weighted by molar-refractivity contribution is 0.288. The molecule has 0 aliphatic heterocycles. The Labute approximate surface area is 85.5 Å². The van der Waals surface area contributed by atoms with Crippen LogP contribution < -0.4 is 5.73 Å². The molecule has 0 saturated carbocycles. The van der Waals surface area contributed by atoms with Gasteiger partial charge in [-0.05, 0) is 12.3 Å². The van der Waals surface area contributed by atoms with Crippen molar-refractivity contribution in [2.45, 2.75) is 39.2 Å². The molecule has 0 saturated heterocycles. The summed E-state index contributed by atoms with van der Waals surface area (Å²) in [6.07, 6.45) is 3.32. The molecule has 0 fully saturated rings. The SMILES string of the molecule is CCC(N)(Cc1ncnn1C)C(C)C. The van der Waals surface area contributed by atoms with Crippen molar-refractivity contribution in [3.8, 4) is 0 Å². The Morgan fingerprint density at radius 2 is 2.21 bits per heavy atom. The number of hydrogen-bond donors (Lipinski definition) is 1. The van der Waals surface area contributed by atoms with Crippen molar-refractivity contribution in [1.29, 1.82) is 0 Å². The molecule has 0 aromatic carbocycles. The first-order chi connectivity index (χ1) is 6.49. The monoisotopic (exact) mass is 196 g/mol. The third-order valence-electron chi connectivity index (χ3n) is 3.10. The van der Waals surface area contributed by atoms with Crippen molar-refractivity contribution in [3.05, 3.63) is 12.2 Å². The number of rotatable bonds is 4. The number of nitrogens with two attached hydrogens (primary N) is 1. The molecule has 2 N–H and O–H groups in total. The number of aromatic nitrogens is 3. The highest BCUT2D eigenvalue weighted by atomic mass is 15.3. The van der Waals surface area contributed by atoms with E-state index in [9.17, 15) is 0 Å². The molecule has 80 valence electrons. The van der Waals surface area contributed by atoms with E-state index in [1.54, 1.807) is 11.0 Å². The standard InChI is InChI=1S/C10H20N4/c1-5-10(11,8(2)3)6-9-12-7-13-14(9)4/h7-8H,5-6,11H2,1-4H3. The quantitative estimate of drug-likeness (QED) is 0.785. The van der Waals surface area contributed by atoms with Crippen LogP contribution in [-0.2, 0) is 13.5 Å². The minimum absolute atomic E-state index is 0.166. The van der Waals surface area contributed by atoms with Crippen molar-refractivity contribution >= 4 is 0 Å². The second-order valence-electron chi connectivity index (χ2n) is 4.22. The number of aryl methyl sites for hydroxylation is 1. The Morgan fingerprint density at radius 3 is 2.57 bits per heavy atom. The molecule has 0 radical (unpaired) electrons. The molecule has 1 heterocycles. The van der Waals surface area contributed by atoms with Crippen LogP contribution in [0.15, 0.2) is 6.33 Å². The van der Waals surface area contributed by atoms with Gasteiger partial charge < -0.3 is 5.73 Å². The van der Waals surface area contributed by atoms with Gasteiger partial charge in [-0.25, -0.2) is 4.98 Å². The first-order valence-corrected chi connectivity index (χ1v) is 5.11. The largest absolute Gasteiger partial charge is 0.324 e. The van der Waals surface area contributed by atoms with Crippen molar-refractivity contribution in [1.82, 2.24) is 14.8 Å². The Bertz CT molecular complexity index is 292. The van der Waals surface area contributed by atoms with Gasteiger partial charge in [0.2, 0.25) is 0 Å². The van der Waals surface area contributed by atoms with Crippen LogP contribution in [0, 0.1) is 5.92 Å². The Kier molecular flexibility index (Phi) is 3.26. The highest BCUT2D eigenvalue weighted by Gasteiger charge is 2.28. The zero-order valence-electron chi connectivity index (χ0n) is 9.49. The third-order valence-corrected chi connectivity index (χ3v) is 3.10. The third kappa shape index (κ3) is 2.12. The molecular formula is C10H20N4. The molecule has 1 aromatic rings. The molecule has 1 aromatic heterocycles. The summed E-state index contributed by atoms with van der Waals surface area (Å²) in [4.78, 5) is 4.20. The molecule has 4 heteroatoms. The van der Waals surface area contributed by atoms with Crippen LogP contribution in [0.3, 0.4) is 0 Å². The van der Waals surface area contributed by atoms with Crippen molar-refractivity contribution < 1.29 is 0 Å². The molecule has 1 unspecified atom stereocenters. The van der Waals surface area contributed by atoms with E-state index in [-0.39, 0.29) is 5.54 Å². The molecule has 1 rings (SSSR count). The summed E-state index contributed by atoms with van der Waals surface area (Å²) < 4.78 is 1.79. The van der Waals surface area contributed by atoms with E-state index >= 15 is 0 Å². The van der Waals surface area contributed by atoms with Gasteiger partial charge in [0.15, 0.2) is 0 Å². The molecule has 4 nitrogen and oxygen atoms in total. The highest BCUT2D eigenvalue weighted by molar-refractivity contribution is 4.98. The molecule has 14 heavy (non-hydrogen) atoms. The van der Waals surface area contributed by atoms with Gasteiger partial charge in [-0.15, -0.1) is 0 Å². The maximum atomic E-state index is 6.32. The van der Waals surface area contributed by atoms with Gasteiger partial charge in [0, 0.05) is 19.0 Å². The molecule has 0 aliphatic rings. The first kappa shape index (κ1) is 11.2. The van der Waals surface area contributed by atoms with Gasteiger partial charge in [0.25, 0.3) is 0 Å². The minimum atomic E-state index is -0.166. The Hall–Kier alpha value is -0.900. The van der Waals surface area contributed by atoms with Crippen molar-refractivity contribution in [2.24, 2.45) is 18.7 Å². The van der Waals surface area contributed by atoms with E-state index in [0.29, 0.717) is 5.92 Å². The fourth-order valence-electron chi connectivity index (χ4n) is 1.51. The van der Waals surface area contributed by atoms with Crippen LogP contribution in [0.4, 0.5) is 0 Å². The first-order valence-electron chi connectivity index (χ1n) is 5.11. The van der Waals surface area contributed by atoms with E-state index in [1.807, 2.05) is 7.05 Å². The van der Waals surface area contributed by atoms with Gasteiger partial charge in [-0.3, -0.25) is 4.68 Å². The average Bonchev–Trinajstić information content (AvgIpc) is 2.51. The normalized spacial score (nSPS) is 15.9. The van der Waals surface area contributed by atoms with Crippen LogP contribution in [-0.4, -0.2) is 20.3 Å². The molecule has 0 amide bonds. The van der Waals surface area contributed by atoms with Crippen LogP contribution >= 0.6 is 0 Å². The predicted octanol–water partition coefficient (Wildman–Crippen LogP) is 1.12. The molecule has 1 atom stereocenters. The average molecular weight is 196 g/mol. The maximum Gasteiger partial charge on any atom is 0.138 e. The summed E-state index contributed by atoms with van der Waals surface area (Å²) >= 11 is 0. The summed E-state index contributed by atoms with van der Waals surface area (Å²) in [6.45, 7) is 6.43. The zero-order valence-corrected chi connectivity index (χ0v) is 9.49. The predicted molar refractivity (Wildman–Crippen MR) is 56.8 cm³/mol. The van der Waals surface area contributed by atoms with Gasteiger partial charge >= 0.3 is 0 Å². The zero-order chi connectivity index (χ0) is 10.8. The second kappa shape index (κ2) is 4.09. The summed E-state index contributed by atoms with van der Waals surface area (Å²) in [6, 6.07) is 0. The van der Waals surface area contributed by atoms with E-state index in [0.717, 1.165) is 18.7 Å². The lowest BCUT2D eigenvalue weighted by Gasteiger charge is -2.32. The van der Waals surface area contributed by atoms with Gasteiger partial charge in [0.1, 0.15) is 12.2 Å². The number of nitrogens with zero attached hydrogens (tertiary/aromatic N) is 3. The van der Waals surface area contributed by atoms with Crippen LogP contribution in [0.1, 0.15) is 33.0 Å². The number of hydrogen-bond acceptors (Lipinski definition) is 3. The smallest absolute Gasteiger partial charge is 0.138 e. The maximum absolute atomic E-state index is 6.32. The summed E-state index contributed by atoms with van der Waals surface area (Å²) in [5, 5.41) is 4.04. The summed E-state index contributed by atoms with van der Waals surface area (Å²) in [5.41, 5.74) is 6.15. The van der Waals surface area contributed by atoms with Crippen LogP contribution in [0.2, 0.25) is 0 Å². The van der Waals surface area contributed by atoms with Crippen LogP contribution in [0.25, 0.3) is 0 Å². The lowest BCUT2D eigenvalue weighted by Crippen LogP contribution is -2.47. The molecular weight excluding hydrogens is 176 g/mol. The topological polar surface area (TPSA) is 56.7 Å². The van der Waals surface area contributed by atoms with Crippen molar-refractivity contribution in [2.75, 3.05) is 0 Å². The molecule has 0 aliphatic carbocycles. The van der Waals surface area contributed by atoms with Gasteiger partial charge in [0.05, 0.1) is 0 Å². The Morgan fingerprint density at radius 1 is 1.57 bits per heavy atom. The fraction of sp³-hybridized carbons (Fsp3) is 0.800. The highest BCUT2D eigenvalue weighted by Crippen LogP contribution is 2.21. The second-order valence-corrected chi connectivity index (χ2v) is 4.22.